The SMILES string of the molecule is C#CCCN[C@H](C)c1ccccc1Br. The molecular weight excluding hydrogens is 238 g/mol. The maximum Gasteiger partial charge on any atom is 0.0303 e. The van der Waals surface area contributed by atoms with Crippen molar-refractivity contribution < 1.29 is 0 Å². The summed E-state index contributed by atoms with van der Waals surface area (Å²) in [5.74, 6) is 2.61. The van der Waals surface area contributed by atoms with Gasteiger partial charge in [0.2, 0.25) is 0 Å². The van der Waals surface area contributed by atoms with Crippen LogP contribution in [-0.4, -0.2) is 6.54 Å². The molecule has 0 saturated heterocycles. The van der Waals surface area contributed by atoms with Crippen LogP contribution in [0.25, 0.3) is 0 Å². The summed E-state index contributed by atoms with van der Waals surface area (Å²) < 4.78 is 1.14. The van der Waals surface area contributed by atoms with Gasteiger partial charge >= 0.3 is 0 Å². The van der Waals surface area contributed by atoms with Crippen molar-refractivity contribution in [2.75, 3.05) is 6.54 Å². The van der Waals surface area contributed by atoms with Gasteiger partial charge in [0, 0.05) is 23.5 Å². The summed E-state index contributed by atoms with van der Waals surface area (Å²) in [4.78, 5) is 0. The molecule has 74 valence electrons. The van der Waals surface area contributed by atoms with Gasteiger partial charge in [0.15, 0.2) is 0 Å². The van der Waals surface area contributed by atoms with E-state index in [0.29, 0.717) is 6.04 Å². The van der Waals surface area contributed by atoms with Gasteiger partial charge in [-0.3, -0.25) is 0 Å². The Morgan fingerprint density at radius 2 is 2.21 bits per heavy atom. The molecule has 1 atom stereocenters. The first kappa shape index (κ1) is 11.3. The minimum Gasteiger partial charge on any atom is -0.309 e. The van der Waals surface area contributed by atoms with Crippen molar-refractivity contribution in [3.63, 3.8) is 0 Å². The number of halogens is 1. The van der Waals surface area contributed by atoms with Crippen LogP contribution in [0, 0.1) is 12.3 Å². The van der Waals surface area contributed by atoms with Crippen molar-refractivity contribution >= 4 is 15.9 Å². The second-order valence-corrected chi connectivity index (χ2v) is 4.01. The van der Waals surface area contributed by atoms with Gasteiger partial charge < -0.3 is 5.32 Å². The van der Waals surface area contributed by atoms with E-state index in [2.05, 4.69) is 46.2 Å². The maximum atomic E-state index is 5.18. The van der Waals surface area contributed by atoms with Gasteiger partial charge in [0.1, 0.15) is 0 Å². The lowest BCUT2D eigenvalue weighted by molar-refractivity contribution is 0.582. The molecule has 0 radical (unpaired) electrons. The average Bonchev–Trinajstić information content (AvgIpc) is 2.18. The summed E-state index contributed by atoms with van der Waals surface area (Å²) in [7, 11) is 0. The topological polar surface area (TPSA) is 12.0 Å². The summed E-state index contributed by atoms with van der Waals surface area (Å²) in [6.07, 6.45) is 5.96. The van der Waals surface area contributed by atoms with E-state index in [1.165, 1.54) is 5.56 Å². The standard InChI is InChI=1S/C12H14BrN/c1-3-4-9-14-10(2)11-7-5-6-8-12(11)13/h1,5-8,10,14H,4,9H2,2H3/t10-/m1/s1. The predicted octanol–water partition coefficient (Wildman–Crippen LogP) is 3.12. The molecule has 0 unspecified atom stereocenters. The first-order valence-corrected chi connectivity index (χ1v) is 5.46. The Morgan fingerprint density at radius 1 is 1.50 bits per heavy atom. The first-order chi connectivity index (χ1) is 6.75. The van der Waals surface area contributed by atoms with Gasteiger partial charge in [-0.2, -0.15) is 0 Å². The minimum atomic E-state index is 0.332. The molecule has 2 heteroatoms. The van der Waals surface area contributed by atoms with E-state index in [1.54, 1.807) is 0 Å². The first-order valence-electron chi connectivity index (χ1n) is 4.67. The fourth-order valence-corrected chi connectivity index (χ4v) is 1.93. The van der Waals surface area contributed by atoms with E-state index in [4.69, 9.17) is 6.42 Å². The lowest BCUT2D eigenvalue weighted by atomic mass is 10.1. The minimum absolute atomic E-state index is 0.332. The fraction of sp³-hybridized carbons (Fsp3) is 0.333. The molecule has 0 aliphatic carbocycles. The molecule has 0 heterocycles. The Kier molecular flexibility index (Phi) is 4.72. The summed E-state index contributed by atoms with van der Waals surface area (Å²) >= 11 is 3.53. The molecule has 0 spiro atoms. The van der Waals surface area contributed by atoms with Gasteiger partial charge in [0.25, 0.3) is 0 Å². The van der Waals surface area contributed by atoms with E-state index in [-0.39, 0.29) is 0 Å². The van der Waals surface area contributed by atoms with Gasteiger partial charge in [-0.05, 0) is 18.6 Å². The van der Waals surface area contributed by atoms with Gasteiger partial charge in [0.05, 0.1) is 0 Å². The van der Waals surface area contributed by atoms with Crippen LogP contribution in [0.5, 0.6) is 0 Å². The normalized spacial score (nSPS) is 12.1. The van der Waals surface area contributed by atoms with Crippen LogP contribution in [0.4, 0.5) is 0 Å². The zero-order valence-electron chi connectivity index (χ0n) is 8.26. The number of benzene rings is 1. The zero-order valence-corrected chi connectivity index (χ0v) is 9.84. The van der Waals surface area contributed by atoms with Gasteiger partial charge in [-0.25, -0.2) is 0 Å². The van der Waals surface area contributed by atoms with E-state index in [1.807, 2.05) is 12.1 Å². The molecule has 0 fully saturated rings. The van der Waals surface area contributed by atoms with E-state index < -0.39 is 0 Å². The number of hydrogen-bond donors (Lipinski definition) is 1. The highest BCUT2D eigenvalue weighted by atomic mass is 79.9. The molecule has 1 nitrogen and oxygen atoms in total. The molecule has 1 aromatic rings. The van der Waals surface area contributed by atoms with Crippen LogP contribution in [0.15, 0.2) is 28.7 Å². The monoisotopic (exact) mass is 251 g/mol. The van der Waals surface area contributed by atoms with E-state index in [9.17, 15) is 0 Å². The molecule has 0 aromatic heterocycles. The Morgan fingerprint density at radius 3 is 2.86 bits per heavy atom. The molecule has 0 bridgehead atoms. The third-order valence-electron chi connectivity index (χ3n) is 2.09. The van der Waals surface area contributed by atoms with Crippen molar-refractivity contribution in [2.24, 2.45) is 0 Å². The molecular formula is C12H14BrN. The number of nitrogens with one attached hydrogen (secondary N) is 1. The lowest BCUT2D eigenvalue weighted by Gasteiger charge is -2.14. The van der Waals surface area contributed by atoms with E-state index in [0.717, 1.165) is 17.4 Å². The molecule has 0 amide bonds. The molecule has 1 N–H and O–H groups in total. The number of hydrogen-bond acceptors (Lipinski definition) is 1. The largest absolute Gasteiger partial charge is 0.309 e. The summed E-state index contributed by atoms with van der Waals surface area (Å²) in [5, 5.41) is 3.37. The second-order valence-electron chi connectivity index (χ2n) is 3.15. The number of rotatable bonds is 4. The Bertz CT molecular complexity index is 327. The van der Waals surface area contributed by atoms with Crippen LogP contribution in [0.2, 0.25) is 0 Å². The highest BCUT2D eigenvalue weighted by Gasteiger charge is 2.06. The predicted molar refractivity (Wildman–Crippen MR) is 64.0 cm³/mol. The van der Waals surface area contributed by atoms with Crippen LogP contribution in [-0.2, 0) is 0 Å². The quantitative estimate of drug-likeness (QED) is 0.641. The third-order valence-corrected chi connectivity index (χ3v) is 2.81. The van der Waals surface area contributed by atoms with Crippen molar-refractivity contribution in [3.8, 4) is 12.3 Å². The second kappa shape index (κ2) is 5.85. The third kappa shape index (κ3) is 3.17. The van der Waals surface area contributed by atoms with Crippen molar-refractivity contribution in [3.05, 3.63) is 34.3 Å². The molecule has 1 rings (SSSR count). The smallest absolute Gasteiger partial charge is 0.0303 e. The van der Waals surface area contributed by atoms with Crippen LogP contribution < -0.4 is 5.32 Å². The molecule has 14 heavy (non-hydrogen) atoms. The van der Waals surface area contributed by atoms with Crippen LogP contribution in [0.3, 0.4) is 0 Å². The molecule has 0 aliphatic rings. The lowest BCUT2D eigenvalue weighted by Crippen LogP contribution is -2.19. The summed E-state index contributed by atoms with van der Waals surface area (Å²) in [6.45, 7) is 3.00. The summed E-state index contributed by atoms with van der Waals surface area (Å²) in [5.41, 5.74) is 1.27. The Hall–Kier alpha value is -0.780. The Balaban J connectivity index is 2.57. The number of terminal acetylenes is 1. The average molecular weight is 252 g/mol. The maximum absolute atomic E-state index is 5.18. The van der Waals surface area contributed by atoms with Crippen LogP contribution in [0.1, 0.15) is 24.9 Å². The molecule has 1 aromatic carbocycles. The van der Waals surface area contributed by atoms with Gasteiger partial charge in [-0.1, -0.05) is 34.1 Å². The van der Waals surface area contributed by atoms with Crippen molar-refractivity contribution in [2.45, 2.75) is 19.4 Å². The zero-order chi connectivity index (χ0) is 10.4. The van der Waals surface area contributed by atoms with Crippen LogP contribution >= 0.6 is 15.9 Å². The van der Waals surface area contributed by atoms with Crippen molar-refractivity contribution in [1.82, 2.24) is 5.32 Å². The van der Waals surface area contributed by atoms with Crippen molar-refractivity contribution in [1.29, 1.82) is 0 Å². The van der Waals surface area contributed by atoms with Gasteiger partial charge in [-0.15, -0.1) is 12.3 Å². The Labute approximate surface area is 94.0 Å². The molecule has 0 saturated carbocycles. The summed E-state index contributed by atoms with van der Waals surface area (Å²) in [6, 6.07) is 8.55. The van der Waals surface area contributed by atoms with E-state index >= 15 is 0 Å². The highest BCUT2D eigenvalue weighted by Crippen LogP contribution is 2.22. The fourth-order valence-electron chi connectivity index (χ4n) is 1.30. The highest BCUT2D eigenvalue weighted by molar-refractivity contribution is 9.10. The molecule has 0 aliphatic heterocycles.